The monoisotopic (exact) mass is 212 g/mol. The second-order valence-electron chi connectivity index (χ2n) is 3.44. The number of nitrogens with zero attached hydrogens (tertiary/aromatic N) is 1. The number of aromatic nitrogens is 2. The number of aromatic amines is 1. The number of fused-ring (bicyclic) bond motifs is 1. The van der Waals surface area contributed by atoms with Crippen LogP contribution in [0, 0.1) is 0 Å². The van der Waals surface area contributed by atoms with Crippen molar-refractivity contribution >= 4 is 16.8 Å². The van der Waals surface area contributed by atoms with Crippen LogP contribution >= 0.6 is 0 Å². The van der Waals surface area contributed by atoms with Gasteiger partial charge in [-0.05, 0) is 18.2 Å². The van der Waals surface area contributed by atoms with E-state index >= 15 is 0 Å². The predicted octanol–water partition coefficient (Wildman–Crippen LogP) is 2.42. The zero-order valence-electron chi connectivity index (χ0n) is 8.81. The van der Waals surface area contributed by atoms with Gasteiger partial charge in [0.05, 0.1) is 17.5 Å². The SMILES string of the molecule is C=CC=CC(=O)Cc1nc2ccccc2[nH]1. The number of rotatable bonds is 4. The van der Waals surface area contributed by atoms with Crippen molar-refractivity contribution in [3.8, 4) is 0 Å². The van der Waals surface area contributed by atoms with Crippen LogP contribution in [-0.2, 0) is 11.2 Å². The number of ketones is 1. The molecule has 1 heterocycles. The Balaban J connectivity index is 2.18. The van der Waals surface area contributed by atoms with Crippen molar-refractivity contribution in [3.63, 3.8) is 0 Å². The van der Waals surface area contributed by atoms with Gasteiger partial charge in [-0.25, -0.2) is 4.98 Å². The summed E-state index contributed by atoms with van der Waals surface area (Å²) >= 11 is 0. The van der Waals surface area contributed by atoms with Crippen molar-refractivity contribution in [3.05, 3.63) is 54.9 Å². The van der Waals surface area contributed by atoms with E-state index in [0.29, 0.717) is 12.2 Å². The smallest absolute Gasteiger partial charge is 0.163 e. The van der Waals surface area contributed by atoms with Gasteiger partial charge >= 0.3 is 0 Å². The lowest BCUT2D eigenvalue weighted by molar-refractivity contribution is -0.114. The average Bonchev–Trinajstić information content (AvgIpc) is 2.68. The maximum absolute atomic E-state index is 11.5. The first kappa shape index (κ1) is 10.4. The Kier molecular flexibility index (Phi) is 2.96. The van der Waals surface area contributed by atoms with Gasteiger partial charge in [0.1, 0.15) is 5.82 Å². The Morgan fingerprint density at radius 2 is 2.25 bits per heavy atom. The summed E-state index contributed by atoms with van der Waals surface area (Å²) in [5, 5.41) is 0. The number of hydrogen-bond acceptors (Lipinski definition) is 2. The Morgan fingerprint density at radius 3 is 3.00 bits per heavy atom. The molecule has 3 heteroatoms. The summed E-state index contributed by atoms with van der Waals surface area (Å²) in [7, 11) is 0. The van der Waals surface area contributed by atoms with E-state index in [9.17, 15) is 4.79 Å². The molecule has 0 atom stereocenters. The summed E-state index contributed by atoms with van der Waals surface area (Å²) in [4.78, 5) is 18.9. The van der Waals surface area contributed by atoms with Crippen LogP contribution in [0.15, 0.2) is 49.1 Å². The highest BCUT2D eigenvalue weighted by atomic mass is 16.1. The fraction of sp³-hybridized carbons (Fsp3) is 0.0769. The highest BCUT2D eigenvalue weighted by molar-refractivity contribution is 5.91. The summed E-state index contributed by atoms with van der Waals surface area (Å²) in [6, 6.07) is 7.71. The molecule has 1 N–H and O–H groups in total. The second-order valence-corrected chi connectivity index (χ2v) is 3.44. The van der Waals surface area contributed by atoms with E-state index in [4.69, 9.17) is 0 Å². The van der Waals surface area contributed by atoms with Crippen LogP contribution in [0.1, 0.15) is 5.82 Å². The van der Waals surface area contributed by atoms with Crippen LogP contribution in [0.4, 0.5) is 0 Å². The molecule has 0 aliphatic rings. The summed E-state index contributed by atoms with van der Waals surface area (Å²) in [6.07, 6.45) is 5.00. The minimum absolute atomic E-state index is 0.0129. The molecule has 0 fully saturated rings. The van der Waals surface area contributed by atoms with Crippen LogP contribution in [0.3, 0.4) is 0 Å². The van der Waals surface area contributed by atoms with Gasteiger partial charge in [-0.15, -0.1) is 0 Å². The Hall–Kier alpha value is -2.16. The number of benzene rings is 1. The topological polar surface area (TPSA) is 45.8 Å². The molecule has 1 aromatic heterocycles. The van der Waals surface area contributed by atoms with Gasteiger partial charge in [-0.2, -0.15) is 0 Å². The summed E-state index contributed by atoms with van der Waals surface area (Å²) in [5.41, 5.74) is 1.84. The van der Waals surface area contributed by atoms with Crippen molar-refractivity contribution in [2.24, 2.45) is 0 Å². The van der Waals surface area contributed by atoms with Gasteiger partial charge < -0.3 is 4.98 Å². The van der Waals surface area contributed by atoms with Gasteiger partial charge in [0.2, 0.25) is 0 Å². The van der Waals surface area contributed by atoms with Gasteiger partial charge in [-0.3, -0.25) is 4.79 Å². The number of hydrogen-bond donors (Lipinski definition) is 1. The van der Waals surface area contributed by atoms with Crippen molar-refractivity contribution in [2.45, 2.75) is 6.42 Å². The van der Waals surface area contributed by atoms with E-state index in [0.717, 1.165) is 11.0 Å². The Morgan fingerprint density at radius 1 is 1.44 bits per heavy atom. The number of carbonyl (C=O) groups is 1. The lowest BCUT2D eigenvalue weighted by atomic mass is 10.2. The van der Waals surface area contributed by atoms with E-state index in [1.54, 1.807) is 12.2 Å². The highest BCUT2D eigenvalue weighted by Crippen LogP contribution is 2.10. The van der Waals surface area contributed by atoms with Crippen LogP contribution in [0.2, 0.25) is 0 Å². The van der Waals surface area contributed by atoms with E-state index in [-0.39, 0.29) is 5.78 Å². The van der Waals surface area contributed by atoms with Gasteiger partial charge in [0.25, 0.3) is 0 Å². The van der Waals surface area contributed by atoms with Crippen LogP contribution in [-0.4, -0.2) is 15.8 Å². The predicted molar refractivity (Wildman–Crippen MR) is 64.1 cm³/mol. The molecular weight excluding hydrogens is 200 g/mol. The summed E-state index contributed by atoms with van der Waals surface area (Å²) in [6.45, 7) is 3.51. The molecule has 0 unspecified atom stereocenters. The molecule has 0 saturated carbocycles. The highest BCUT2D eigenvalue weighted by Gasteiger charge is 2.04. The van der Waals surface area contributed by atoms with Crippen LogP contribution < -0.4 is 0 Å². The Bertz CT molecular complexity index is 519. The maximum atomic E-state index is 11.5. The molecule has 2 rings (SSSR count). The van der Waals surface area contributed by atoms with E-state index in [2.05, 4.69) is 16.5 Å². The summed E-state index contributed by atoms with van der Waals surface area (Å²) < 4.78 is 0. The Labute approximate surface area is 93.5 Å². The van der Waals surface area contributed by atoms with Gasteiger partial charge in [0.15, 0.2) is 5.78 Å². The standard InChI is InChI=1S/C13H12N2O/c1-2-3-6-10(16)9-13-14-11-7-4-5-8-12(11)15-13/h2-8H,1,9H2,(H,14,15). The minimum atomic E-state index is 0.0129. The van der Waals surface area contributed by atoms with Crippen molar-refractivity contribution in [1.29, 1.82) is 0 Å². The third-order valence-corrected chi connectivity index (χ3v) is 2.20. The molecule has 3 nitrogen and oxygen atoms in total. The number of H-pyrrole nitrogens is 1. The molecule has 80 valence electrons. The quantitative estimate of drug-likeness (QED) is 0.625. The fourth-order valence-electron chi connectivity index (χ4n) is 1.49. The van der Waals surface area contributed by atoms with E-state index in [1.807, 2.05) is 24.3 Å². The molecular formula is C13H12N2O. The van der Waals surface area contributed by atoms with Crippen LogP contribution in [0.25, 0.3) is 11.0 Å². The van der Waals surface area contributed by atoms with E-state index < -0.39 is 0 Å². The molecule has 0 saturated heterocycles. The molecule has 0 spiro atoms. The third-order valence-electron chi connectivity index (χ3n) is 2.20. The first-order valence-corrected chi connectivity index (χ1v) is 5.05. The zero-order chi connectivity index (χ0) is 11.4. The number of imidazole rings is 1. The second kappa shape index (κ2) is 4.57. The first-order chi connectivity index (χ1) is 7.79. The fourth-order valence-corrected chi connectivity index (χ4v) is 1.49. The van der Waals surface area contributed by atoms with Crippen molar-refractivity contribution < 1.29 is 4.79 Å². The third kappa shape index (κ3) is 2.25. The summed E-state index contributed by atoms with van der Waals surface area (Å²) in [5.74, 6) is 0.707. The molecule has 0 amide bonds. The number of allylic oxidation sites excluding steroid dienone is 3. The van der Waals surface area contributed by atoms with Crippen LogP contribution in [0.5, 0.6) is 0 Å². The minimum Gasteiger partial charge on any atom is -0.342 e. The number of nitrogens with one attached hydrogen (secondary N) is 1. The normalized spacial score (nSPS) is 11.0. The van der Waals surface area contributed by atoms with Crippen molar-refractivity contribution in [1.82, 2.24) is 9.97 Å². The average molecular weight is 212 g/mol. The number of para-hydroxylation sites is 2. The lowest BCUT2D eigenvalue weighted by Gasteiger charge is -1.89. The zero-order valence-corrected chi connectivity index (χ0v) is 8.81. The molecule has 0 radical (unpaired) electrons. The largest absolute Gasteiger partial charge is 0.342 e. The number of carbonyl (C=O) groups excluding carboxylic acids is 1. The molecule has 16 heavy (non-hydrogen) atoms. The molecule has 0 aliphatic carbocycles. The van der Waals surface area contributed by atoms with E-state index in [1.165, 1.54) is 6.08 Å². The van der Waals surface area contributed by atoms with Crippen molar-refractivity contribution in [2.75, 3.05) is 0 Å². The van der Waals surface area contributed by atoms with Gasteiger partial charge in [0, 0.05) is 0 Å². The molecule has 2 aromatic rings. The molecule has 0 bridgehead atoms. The van der Waals surface area contributed by atoms with Gasteiger partial charge in [-0.1, -0.05) is 30.9 Å². The molecule has 0 aliphatic heterocycles. The maximum Gasteiger partial charge on any atom is 0.163 e. The first-order valence-electron chi connectivity index (χ1n) is 5.05. The molecule has 1 aromatic carbocycles. The lowest BCUT2D eigenvalue weighted by Crippen LogP contribution is -1.99.